The third-order valence-electron chi connectivity index (χ3n) is 2.75. The molecule has 0 spiro atoms. The molecule has 0 radical (unpaired) electrons. The van der Waals surface area contributed by atoms with E-state index in [2.05, 4.69) is 0 Å². The van der Waals surface area contributed by atoms with E-state index in [1.54, 1.807) is 13.8 Å². The molecule has 1 amide bonds. The van der Waals surface area contributed by atoms with Gasteiger partial charge in [0.1, 0.15) is 17.1 Å². The van der Waals surface area contributed by atoms with E-state index >= 15 is 0 Å². The first-order valence-corrected chi connectivity index (χ1v) is 7.67. The Morgan fingerprint density at radius 1 is 1.43 bits per heavy atom. The molecule has 1 rings (SSSR count). The van der Waals surface area contributed by atoms with Crippen LogP contribution in [0.1, 0.15) is 24.3 Å². The number of aromatic nitrogens is 1. The third kappa shape index (κ3) is 4.05. The number of amides is 1. The highest BCUT2D eigenvalue weighted by atomic mass is 32.2. The molecule has 0 saturated carbocycles. The average Bonchev–Trinajstić information content (AvgIpc) is 2.70. The summed E-state index contributed by atoms with van der Waals surface area (Å²) in [5.41, 5.74) is 5.18. The Morgan fingerprint density at radius 3 is 2.38 bits per heavy atom. The molecule has 3 N–H and O–H groups in total. The minimum absolute atomic E-state index is 0.0356. The molecule has 0 aliphatic heterocycles. The van der Waals surface area contributed by atoms with Crippen molar-refractivity contribution in [2.45, 2.75) is 18.7 Å². The van der Waals surface area contributed by atoms with Gasteiger partial charge in [0.15, 0.2) is 0 Å². The zero-order valence-corrected chi connectivity index (χ0v) is 12.9. The van der Waals surface area contributed by atoms with Crippen LogP contribution in [-0.4, -0.2) is 47.4 Å². The summed E-state index contributed by atoms with van der Waals surface area (Å²) in [6.45, 7) is 2.99. The lowest BCUT2D eigenvalue weighted by Gasteiger charge is -2.21. The van der Waals surface area contributed by atoms with Crippen molar-refractivity contribution >= 4 is 21.9 Å². The second-order valence-electron chi connectivity index (χ2n) is 5.12. The van der Waals surface area contributed by atoms with Gasteiger partial charge in [-0.3, -0.25) is 9.59 Å². The summed E-state index contributed by atoms with van der Waals surface area (Å²) in [6.07, 6.45) is 1.24. The predicted octanol–water partition coefficient (Wildman–Crippen LogP) is -0.145. The van der Waals surface area contributed by atoms with Gasteiger partial charge in [0.2, 0.25) is 10.0 Å². The smallest absolute Gasteiger partial charge is 0.318 e. The van der Waals surface area contributed by atoms with Crippen LogP contribution in [0.4, 0.5) is 0 Å². The van der Waals surface area contributed by atoms with Crippen LogP contribution in [0, 0.1) is 5.92 Å². The van der Waals surface area contributed by atoms with Gasteiger partial charge in [-0.25, -0.2) is 8.42 Å². The number of carboxylic acids is 1. The summed E-state index contributed by atoms with van der Waals surface area (Å²) in [7, 11) is -2.51. The molecule has 9 heteroatoms. The maximum absolute atomic E-state index is 12.5. The Labute approximate surface area is 123 Å². The van der Waals surface area contributed by atoms with Crippen LogP contribution in [0.15, 0.2) is 17.2 Å². The molecule has 0 aliphatic carbocycles. The van der Waals surface area contributed by atoms with Crippen LogP contribution in [0.3, 0.4) is 0 Å². The largest absolute Gasteiger partial charge is 0.480 e. The van der Waals surface area contributed by atoms with Crippen LogP contribution in [-0.2, 0) is 21.9 Å². The summed E-state index contributed by atoms with van der Waals surface area (Å²) in [5, 5.41) is 8.87. The van der Waals surface area contributed by atoms with Crippen molar-refractivity contribution in [3.8, 4) is 0 Å². The van der Waals surface area contributed by atoms with E-state index in [4.69, 9.17) is 10.8 Å². The van der Waals surface area contributed by atoms with Gasteiger partial charge in [0.05, 0.1) is 0 Å². The monoisotopic (exact) mass is 317 g/mol. The first-order valence-electron chi connectivity index (χ1n) is 6.23. The molecule has 0 aliphatic rings. The van der Waals surface area contributed by atoms with Crippen LogP contribution in [0.25, 0.3) is 0 Å². The first kappa shape index (κ1) is 17.2. The molecule has 0 atom stereocenters. The minimum atomic E-state index is -4.00. The SMILES string of the molecule is CC(C)CN(CC(=O)O)S(=O)(=O)c1cc(C(N)=O)n(C)c1. The van der Waals surface area contributed by atoms with E-state index in [1.165, 1.54) is 17.8 Å². The number of carbonyl (C=O) groups excluding carboxylic acids is 1. The molecule has 0 unspecified atom stereocenters. The van der Waals surface area contributed by atoms with Crippen molar-refractivity contribution < 1.29 is 23.1 Å². The van der Waals surface area contributed by atoms with Gasteiger partial charge in [0.25, 0.3) is 5.91 Å². The summed E-state index contributed by atoms with van der Waals surface area (Å²) in [5.74, 6) is -2.05. The average molecular weight is 317 g/mol. The summed E-state index contributed by atoms with van der Waals surface area (Å²) in [4.78, 5) is 21.9. The number of nitrogens with two attached hydrogens (primary N) is 1. The van der Waals surface area contributed by atoms with Gasteiger partial charge in [-0.2, -0.15) is 4.31 Å². The Bertz CT molecular complexity index is 648. The van der Waals surface area contributed by atoms with Crippen molar-refractivity contribution in [1.29, 1.82) is 0 Å². The second-order valence-corrected chi connectivity index (χ2v) is 7.06. The van der Waals surface area contributed by atoms with Crippen LogP contribution >= 0.6 is 0 Å². The molecule has 1 aromatic heterocycles. The van der Waals surface area contributed by atoms with E-state index in [-0.39, 0.29) is 23.1 Å². The molecule has 21 heavy (non-hydrogen) atoms. The van der Waals surface area contributed by atoms with Crippen LogP contribution in [0.5, 0.6) is 0 Å². The molecule has 0 saturated heterocycles. The number of aliphatic carboxylic acids is 1. The number of rotatable bonds is 7. The van der Waals surface area contributed by atoms with Gasteiger partial charge in [-0.15, -0.1) is 0 Å². The fourth-order valence-electron chi connectivity index (χ4n) is 1.88. The number of aryl methyl sites for hydroxylation is 1. The highest BCUT2D eigenvalue weighted by Crippen LogP contribution is 2.19. The maximum Gasteiger partial charge on any atom is 0.318 e. The van der Waals surface area contributed by atoms with E-state index in [0.29, 0.717) is 0 Å². The third-order valence-corrected chi connectivity index (χ3v) is 4.53. The normalized spacial score (nSPS) is 12.0. The highest BCUT2D eigenvalue weighted by molar-refractivity contribution is 7.89. The second kappa shape index (κ2) is 6.27. The summed E-state index contributed by atoms with van der Waals surface area (Å²) >= 11 is 0. The quantitative estimate of drug-likeness (QED) is 0.724. The molecular weight excluding hydrogens is 298 g/mol. The Hall–Kier alpha value is -1.87. The van der Waals surface area contributed by atoms with Crippen molar-refractivity contribution in [2.24, 2.45) is 18.7 Å². The van der Waals surface area contributed by atoms with Gasteiger partial charge in [-0.1, -0.05) is 13.8 Å². The first-order chi connectivity index (χ1) is 9.55. The molecule has 1 aromatic rings. The standard InChI is InChI=1S/C12H19N3O5S/c1-8(2)5-15(7-11(16)17)21(19,20)9-4-10(12(13)18)14(3)6-9/h4,6,8H,5,7H2,1-3H3,(H2,13,18)(H,16,17). The minimum Gasteiger partial charge on any atom is -0.480 e. The number of hydrogen-bond acceptors (Lipinski definition) is 4. The van der Waals surface area contributed by atoms with Gasteiger partial charge < -0.3 is 15.4 Å². The molecule has 118 valence electrons. The molecule has 0 bridgehead atoms. The number of primary amides is 1. The number of hydrogen-bond donors (Lipinski definition) is 2. The number of carbonyl (C=O) groups is 2. The van der Waals surface area contributed by atoms with Crippen LogP contribution in [0.2, 0.25) is 0 Å². The lowest BCUT2D eigenvalue weighted by Crippen LogP contribution is -2.38. The number of carboxylic acid groups (broad SMARTS) is 1. The topological polar surface area (TPSA) is 123 Å². The Balaban J connectivity index is 3.24. The lowest BCUT2D eigenvalue weighted by atomic mass is 10.2. The molecule has 0 aromatic carbocycles. The zero-order chi connectivity index (χ0) is 16.4. The Kier molecular flexibility index (Phi) is 5.13. The van der Waals surface area contributed by atoms with E-state index in [1.807, 2.05) is 0 Å². The fourth-order valence-corrected chi connectivity index (χ4v) is 3.50. The molecule has 1 heterocycles. The van der Waals surface area contributed by atoms with Gasteiger partial charge in [0, 0.05) is 19.8 Å². The predicted molar refractivity (Wildman–Crippen MR) is 75.2 cm³/mol. The number of sulfonamides is 1. The molecular formula is C12H19N3O5S. The summed E-state index contributed by atoms with van der Waals surface area (Å²) in [6, 6.07) is 1.15. The lowest BCUT2D eigenvalue weighted by molar-refractivity contribution is -0.137. The molecule has 0 fully saturated rings. The zero-order valence-electron chi connectivity index (χ0n) is 12.1. The van der Waals surface area contributed by atoms with Crippen molar-refractivity contribution in [2.75, 3.05) is 13.1 Å². The summed E-state index contributed by atoms with van der Waals surface area (Å²) < 4.78 is 27.1. The van der Waals surface area contributed by atoms with Crippen LogP contribution < -0.4 is 5.73 Å². The van der Waals surface area contributed by atoms with E-state index in [0.717, 1.165) is 10.4 Å². The molecule has 8 nitrogen and oxygen atoms in total. The van der Waals surface area contributed by atoms with E-state index in [9.17, 15) is 18.0 Å². The highest BCUT2D eigenvalue weighted by Gasteiger charge is 2.29. The maximum atomic E-state index is 12.5. The van der Waals surface area contributed by atoms with Crippen molar-refractivity contribution in [3.05, 3.63) is 18.0 Å². The fraction of sp³-hybridized carbons (Fsp3) is 0.500. The van der Waals surface area contributed by atoms with Gasteiger partial charge in [-0.05, 0) is 12.0 Å². The van der Waals surface area contributed by atoms with Crippen molar-refractivity contribution in [1.82, 2.24) is 8.87 Å². The Morgan fingerprint density at radius 2 is 2.00 bits per heavy atom. The van der Waals surface area contributed by atoms with E-state index < -0.39 is 28.4 Å². The van der Waals surface area contributed by atoms with Gasteiger partial charge >= 0.3 is 5.97 Å². The van der Waals surface area contributed by atoms with Crippen molar-refractivity contribution in [3.63, 3.8) is 0 Å². The number of nitrogens with zero attached hydrogens (tertiary/aromatic N) is 2.